The Kier molecular flexibility index (Phi) is 3.52. The fraction of sp³-hybridized carbons (Fsp3) is 0.231. The summed E-state index contributed by atoms with van der Waals surface area (Å²) >= 11 is 9.35. The Labute approximate surface area is 124 Å². The van der Waals surface area contributed by atoms with Gasteiger partial charge >= 0.3 is 0 Å². The fourth-order valence-electron chi connectivity index (χ4n) is 1.78. The third kappa shape index (κ3) is 2.63. The van der Waals surface area contributed by atoms with E-state index < -0.39 is 0 Å². The normalized spacial score (nSPS) is 11.3. The second kappa shape index (κ2) is 5.15. The smallest absolute Gasteiger partial charge is 0.151 e. The zero-order valence-electron chi connectivity index (χ0n) is 10.4. The number of thiazole rings is 1. The number of hydrogen-bond acceptors (Lipinski definition) is 5. The molecule has 1 aromatic carbocycles. The molecule has 0 spiro atoms. The topological polar surface area (TPSA) is 38.9 Å². The Morgan fingerprint density at radius 1 is 1.37 bits per heavy atom. The first-order chi connectivity index (χ1) is 9.13. The number of aromatic nitrogens is 2. The first-order valence-electron chi connectivity index (χ1n) is 5.74. The fourth-order valence-corrected chi connectivity index (χ4v) is 4.15. The van der Waals surface area contributed by atoms with E-state index in [9.17, 15) is 0 Å². The SMILES string of the molecule is Cc1noc(C)c1CSc1nc2cc(Cl)ccc2s1. The zero-order valence-corrected chi connectivity index (χ0v) is 12.8. The van der Waals surface area contributed by atoms with Crippen LogP contribution in [0.5, 0.6) is 0 Å². The lowest BCUT2D eigenvalue weighted by molar-refractivity contribution is 0.392. The predicted octanol–water partition coefficient (Wildman–Crippen LogP) is 4.85. The van der Waals surface area contributed by atoms with Crippen LogP contribution in [-0.4, -0.2) is 10.1 Å². The van der Waals surface area contributed by atoms with Gasteiger partial charge in [0.25, 0.3) is 0 Å². The Balaban J connectivity index is 1.82. The highest BCUT2D eigenvalue weighted by Gasteiger charge is 2.11. The largest absolute Gasteiger partial charge is 0.361 e. The molecule has 0 N–H and O–H groups in total. The van der Waals surface area contributed by atoms with Crippen molar-refractivity contribution in [2.75, 3.05) is 0 Å². The van der Waals surface area contributed by atoms with Gasteiger partial charge in [-0.1, -0.05) is 28.5 Å². The lowest BCUT2D eigenvalue weighted by Gasteiger charge is -1.96. The average molecular weight is 311 g/mol. The number of thioether (sulfide) groups is 1. The number of benzene rings is 1. The molecule has 3 nitrogen and oxygen atoms in total. The van der Waals surface area contributed by atoms with E-state index in [1.807, 2.05) is 32.0 Å². The highest BCUT2D eigenvalue weighted by molar-refractivity contribution is 8.00. The monoisotopic (exact) mass is 310 g/mol. The maximum Gasteiger partial charge on any atom is 0.151 e. The van der Waals surface area contributed by atoms with E-state index >= 15 is 0 Å². The van der Waals surface area contributed by atoms with Crippen molar-refractivity contribution in [3.63, 3.8) is 0 Å². The van der Waals surface area contributed by atoms with Crippen molar-refractivity contribution in [1.82, 2.24) is 10.1 Å². The van der Waals surface area contributed by atoms with Gasteiger partial charge in [-0.3, -0.25) is 0 Å². The number of nitrogens with zero attached hydrogens (tertiary/aromatic N) is 2. The standard InChI is InChI=1S/C13H11ClN2OS2/c1-7-10(8(2)17-16-7)6-18-13-15-11-5-9(14)3-4-12(11)19-13/h3-5H,6H2,1-2H3. The molecule has 2 aromatic heterocycles. The number of halogens is 1. The van der Waals surface area contributed by atoms with Gasteiger partial charge in [-0.2, -0.15) is 0 Å². The van der Waals surface area contributed by atoms with Crippen molar-refractivity contribution >= 4 is 44.9 Å². The van der Waals surface area contributed by atoms with Crippen LogP contribution in [0.15, 0.2) is 27.1 Å². The van der Waals surface area contributed by atoms with Crippen LogP contribution in [0.4, 0.5) is 0 Å². The van der Waals surface area contributed by atoms with Crippen molar-refractivity contribution in [1.29, 1.82) is 0 Å². The average Bonchev–Trinajstić information content (AvgIpc) is 2.91. The second-order valence-corrected chi connectivity index (χ2v) is 6.87. The Bertz CT molecular complexity index is 716. The highest BCUT2D eigenvalue weighted by Crippen LogP contribution is 2.33. The van der Waals surface area contributed by atoms with Gasteiger partial charge in [0.1, 0.15) is 5.76 Å². The van der Waals surface area contributed by atoms with Crippen LogP contribution in [0.1, 0.15) is 17.0 Å². The van der Waals surface area contributed by atoms with Crippen molar-refractivity contribution in [3.8, 4) is 0 Å². The maximum absolute atomic E-state index is 5.96. The second-order valence-electron chi connectivity index (χ2n) is 4.18. The van der Waals surface area contributed by atoms with E-state index in [1.54, 1.807) is 23.1 Å². The lowest BCUT2D eigenvalue weighted by Crippen LogP contribution is -1.84. The lowest BCUT2D eigenvalue weighted by atomic mass is 10.2. The van der Waals surface area contributed by atoms with Crippen LogP contribution in [0.3, 0.4) is 0 Å². The minimum absolute atomic E-state index is 0.722. The molecular weight excluding hydrogens is 300 g/mol. The summed E-state index contributed by atoms with van der Waals surface area (Å²) in [4.78, 5) is 4.58. The van der Waals surface area contributed by atoms with Gasteiger partial charge in [0.05, 0.1) is 15.9 Å². The van der Waals surface area contributed by atoms with E-state index in [2.05, 4.69) is 10.1 Å². The molecule has 0 radical (unpaired) electrons. The van der Waals surface area contributed by atoms with Gasteiger partial charge in [-0.05, 0) is 32.0 Å². The molecular formula is C13H11ClN2OS2. The summed E-state index contributed by atoms with van der Waals surface area (Å²) in [5, 5.41) is 4.68. The van der Waals surface area contributed by atoms with Gasteiger partial charge < -0.3 is 4.52 Å². The molecule has 0 atom stereocenters. The predicted molar refractivity (Wildman–Crippen MR) is 80.2 cm³/mol. The molecule has 0 saturated carbocycles. The molecule has 3 aromatic rings. The van der Waals surface area contributed by atoms with Gasteiger partial charge in [-0.25, -0.2) is 4.98 Å². The number of rotatable bonds is 3. The summed E-state index contributed by atoms with van der Waals surface area (Å²) in [7, 11) is 0. The molecule has 0 saturated heterocycles. The van der Waals surface area contributed by atoms with Crippen LogP contribution in [0.25, 0.3) is 10.2 Å². The maximum atomic E-state index is 5.96. The summed E-state index contributed by atoms with van der Waals surface area (Å²) in [6.07, 6.45) is 0. The van der Waals surface area contributed by atoms with Crippen molar-refractivity contribution in [2.45, 2.75) is 23.9 Å². The van der Waals surface area contributed by atoms with Gasteiger partial charge in [-0.15, -0.1) is 11.3 Å². The van der Waals surface area contributed by atoms with E-state index in [0.29, 0.717) is 0 Å². The van der Waals surface area contributed by atoms with Crippen LogP contribution in [0.2, 0.25) is 5.02 Å². The molecule has 0 unspecified atom stereocenters. The van der Waals surface area contributed by atoms with E-state index in [4.69, 9.17) is 16.1 Å². The molecule has 0 fully saturated rings. The van der Waals surface area contributed by atoms with E-state index in [1.165, 1.54) is 0 Å². The molecule has 0 amide bonds. The molecule has 0 aliphatic carbocycles. The Morgan fingerprint density at radius 3 is 2.95 bits per heavy atom. The van der Waals surface area contributed by atoms with Crippen molar-refractivity contribution in [3.05, 3.63) is 40.2 Å². The third-order valence-electron chi connectivity index (χ3n) is 2.85. The summed E-state index contributed by atoms with van der Waals surface area (Å²) in [6.45, 7) is 3.90. The summed E-state index contributed by atoms with van der Waals surface area (Å²) in [5.74, 6) is 1.71. The minimum Gasteiger partial charge on any atom is -0.361 e. The van der Waals surface area contributed by atoms with E-state index in [0.717, 1.165) is 42.3 Å². The van der Waals surface area contributed by atoms with Gasteiger partial charge in [0.2, 0.25) is 0 Å². The molecule has 0 aliphatic rings. The molecule has 0 bridgehead atoms. The third-order valence-corrected chi connectivity index (χ3v) is 5.29. The molecule has 19 heavy (non-hydrogen) atoms. The number of fused-ring (bicyclic) bond motifs is 1. The van der Waals surface area contributed by atoms with Gasteiger partial charge in [0, 0.05) is 16.3 Å². The molecule has 2 heterocycles. The summed E-state index contributed by atoms with van der Waals surface area (Å²) < 4.78 is 7.36. The van der Waals surface area contributed by atoms with Crippen LogP contribution in [0, 0.1) is 13.8 Å². The zero-order chi connectivity index (χ0) is 13.4. The number of aryl methyl sites for hydroxylation is 2. The van der Waals surface area contributed by atoms with Crippen LogP contribution in [-0.2, 0) is 5.75 Å². The van der Waals surface area contributed by atoms with Crippen LogP contribution < -0.4 is 0 Å². The Morgan fingerprint density at radius 2 is 2.21 bits per heavy atom. The Hall–Kier alpha value is -1.04. The van der Waals surface area contributed by atoms with E-state index in [-0.39, 0.29) is 0 Å². The summed E-state index contributed by atoms with van der Waals surface area (Å²) in [5.41, 5.74) is 3.07. The van der Waals surface area contributed by atoms with Crippen molar-refractivity contribution in [2.24, 2.45) is 0 Å². The quantitative estimate of drug-likeness (QED) is 0.648. The highest BCUT2D eigenvalue weighted by atomic mass is 35.5. The molecule has 6 heteroatoms. The van der Waals surface area contributed by atoms with Crippen LogP contribution >= 0.6 is 34.7 Å². The first-order valence-corrected chi connectivity index (χ1v) is 7.92. The number of hydrogen-bond donors (Lipinski definition) is 0. The molecule has 0 aliphatic heterocycles. The molecule has 3 rings (SSSR count). The summed E-state index contributed by atoms with van der Waals surface area (Å²) in [6, 6.07) is 5.80. The van der Waals surface area contributed by atoms with Gasteiger partial charge in [0.15, 0.2) is 4.34 Å². The minimum atomic E-state index is 0.722. The van der Waals surface area contributed by atoms with Crippen molar-refractivity contribution < 1.29 is 4.52 Å². The molecule has 98 valence electrons. The first kappa shape index (κ1) is 13.0.